The Morgan fingerprint density at radius 1 is 1.39 bits per heavy atom. The van der Waals surface area contributed by atoms with E-state index < -0.39 is 0 Å². The number of hydrogen-bond donors (Lipinski definition) is 2. The van der Waals surface area contributed by atoms with E-state index in [9.17, 15) is 0 Å². The van der Waals surface area contributed by atoms with Gasteiger partial charge in [0.15, 0.2) is 0 Å². The van der Waals surface area contributed by atoms with Gasteiger partial charge in [-0.15, -0.1) is 0 Å². The molecule has 1 aromatic carbocycles. The van der Waals surface area contributed by atoms with E-state index in [-0.39, 0.29) is 0 Å². The molecule has 0 aromatic heterocycles. The smallest absolute Gasteiger partial charge is 0.0490 e. The highest BCUT2D eigenvalue weighted by Gasteiger charge is 2.27. The van der Waals surface area contributed by atoms with Crippen molar-refractivity contribution in [3.05, 3.63) is 33.8 Å². The highest BCUT2D eigenvalue weighted by molar-refractivity contribution is 9.10. The van der Waals surface area contributed by atoms with Crippen LogP contribution in [0.25, 0.3) is 0 Å². The predicted molar refractivity (Wildman–Crippen MR) is 80.1 cm³/mol. The molecule has 1 aliphatic carbocycles. The van der Waals surface area contributed by atoms with E-state index in [2.05, 4.69) is 53.4 Å². The molecular weight excluding hydrogens is 288 g/mol. The lowest BCUT2D eigenvalue weighted by molar-refractivity contribution is 0.224. The average molecular weight is 311 g/mol. The van der Waals surface area contributed by atoms with Gasteiger partial charge < -0.3 is 0 Å². The van der Waals surface area contributed by atoms with Gasteiger partial charge in [-0.25, -0.2) is 0 Å². The van der Waals surface area contributed by atoms with Crippen LogP contribution in [0.4, 0.5) is 0 Å². The summed E-state index contributed by atoms with van der Waals surface area (Å²) in [6.07, 6.45) is 5.27. The number of hydrazine groups is 1. The first kappa shape index (κ1) is 14.0. The molecule has 1 saturated carbocycles. The minimum absolute atomic E-state index is 0.292. The molecule has 3 atom stereocenters. The van der Waals surface area contributed by atoms with Gasteiger partial charge in [-0.05, 0) is 54.9 Å². The van der Waals surface area contributed by atoms with Gasteiger partial charge in [0.05, 0.1) is 0 Å². The Morgan fingerprint density at radius 3 is 2.78 bits per heavy atom. The summed E-state index contributed by atoms with van der Waals surface area (Å²) in [5.41, 5.74) is 5.71. The van der Waals surface area contributed by atoms with Crippen molar-refractivity contribution < 1.29 is 0 Å². The number of halogens is 1. The fraction of sp³-hybridized carbons (Fsp3) is 0.600. The van der Waals surface area contributed by atoms with E-state index in [0.717, 1.165) is 10.4 Å². The lowest BCUT2D eigenvalue weighted by Gasteiger charge is -2.34. The Morgan fingerprint density at radius 2 is 2.17 bits per heavy atom. The van der Waals surface area contributed by atoms with Crippen molar-refractivity contribution in [2.45, 2.75) is 45.6 Å². The van der Waals surface area contributed by atoms with Crippen LogP contribution in [0.1, 0.15) is 49.8 Å². The van der Waals surface area contributed by atoms with E-state index in [1.807, 2.05) is 0 Å². The molecule has 0 aliphatic heterocycles. The second kappa shape index (κ2) is 6.18. The molecule has 0 bridgehead atoms. The van der Waals surface area contributed by atoms with Crippen LogP contribution in [0.15, 0.2) is 22.7 Å². The van der Waals surface area contributed by atoms with Crippen molar-refractivity contribution in [1.29, 1.82) is 0 Å². The minimum Gasteiger partial charge on any atom is -0.271 e. The lowest BCUT2D eigenvalue weighted by atomic mass is 9.76. The number of nitrogens with one attached hydrogen (secondary N) is 1. The number of aryl methyl sites for hydroxylation is 1. The maximum absolute atomic E-state index is 5.83. The van der Waals surface area contributed by atoms with Crippen LogP contribution in [-0.2, 0) is 0 Å². The van der Waals surface area contributed by atoms with Crippen molar-refractivity contribution in [2.75, 3.05) is 0 Å². The zero-order chi connectivity index (χ0) is 13.1. The lowest BCUT2D eigenvalue weighted by Crippen LogP contribution is -2.36. The van der Waals surface area contributed by atoms with Crippen LogP contribution in [0.3, 0.4) is 0 Å². The standard InChI is InChI=1S/C15H23BrN2/c1-10-4-3-5-12(8-10)15(18-17)14-7-6-13(16)9-11(14)2/h6-7,9-10,12,15,18H,3-5,8,17H2,1-2H3. The third-order valence-electron chi connectivity index (χ3n) is 4.19. The Hall–Kier alpha value is -0.380. The fourth-order valence-corrected chi connectivity index (χ4v) is 3.73. The summed E-state index contributed by atoms with van der Waals surface area (Å²) in [6.45, 7) is 4.52. The molecule has 0 saturated heterocycles. The number of hydrogen-bond acceptors (Lipinski definition) is 2. The third-order valence-corrected chi connectivity index (χ3v) is 4.69. The van der Waals surface area contributed by atoms with Crippen LogP contribution in [0, 0.1) is 18.8 Å². The van der Waals surface area contributed by atoms with E-state index in [1.54, 1.807) is 0 Å². The predicted octanol–water partition coefficient (Wildman–Crippen LogP) is 4.09. The molecule has 0 amide bonds. The van der Waals surface area contributed by atoms with Crippen molar-refractivity contribution >= 4 is 15.9 Å². The molecule has 3 heteroatoms. The Kier molecular flexibility index (Phi) is 4.82. The molecule has 100 valence electrons. The quantitative estimate of drug-likeness (QED) is 0.652. The highest BCUT2D eigenvalue weighted by atomic mass is 79.9. The molecule has 0 heterocycles. The van der Waals surface area contributed by atoms with E-state index >= 15 is 0 Å². The molecule has 1 aliphatic rings. The van der Waals surface area contributed by atoms with Crippen molar-refractivity contribution in [3.8, 4) is 0 Å². The van der Waals surface area contributed by atoms with Gasteiger partial charge >= 0.3 is 0 Å². The van der Waals surface area contributed by atoms with E-state index in [0.29, 0.717) is 12.0 Å². The van der Waals surface area contributed by atoms with Crippen molar-refractivity contribution in [1.82, 2.24) is 5.43 Å². The van der Waals surface area contributed by atoms with Gasteiger partial charge in [-0.1, -0.05) is 41.8 Å². The molecule has 0 radical (unpaired) electrons. The molecule has 18 heavy (non-hydrogen) atoms. The average Bonchev–Trinajstić information content (AvgIpc) is 2.33. The maximum Gasteiger partial charge on any atom is 0.0490 e. The highest BCUT2D eigenvalue weighted by Crippen LogP contribution is 2.38. The summed E-state index contributed by atoms with van der Waals surface area (Å²) in [5.74, 6) is 7.32. The molecule has 2 nitrogen and oxygen atoms in total. The second-order valence-corrected chi connectivity index (χ2v) is 6.59. The summed E-state index contributed by atoms with van der Waals surface area (Å²) in [5, 5.41) is 0. The molecule has 1 aromatic rings. The Labute approximate surface area is 118 Å². The van der Waals surface area contributed by atoms with E-state index in [4.69, 9.17) is 5.84 Å². The Bertz CT molecular complexity index is 405. The van der Waals surface area contributed by atoms with Crippen LogP contribution in [-0.4, -0.2) is 0 Å². The molecule has 2 rings (SSSR count). The second-order valence-electron chi connectivity index (χ2n) is 5.68. The number of nitrogens with two attached hydrogens (primary N) is 1. The number of rotatable bonds is 3. The van der Waals surface area contributed by atoms with Crippen molar-refractivity contribution in [2.24, 2.45) is 17.7 Å². The zero-order valence-electron chi connectivity index (χ0n) is 11.2. The zero-order valence-corrected chi connectivity index (χ0v) is 12.8. The van der Waals surface area contributed by atoms with Gasteiger partial charge in [-0.3, -0.25) is 11.3 Å². The van der Waals surface area contributed by atoms with Gasteiger partial charge in [0.25, 0.3) is 0 Å². The first-order chi connectivity index (χ1) is 8.61. The van der Waals surface area contributed by atoms with Crippen LogP contribution < -0.4 is 11.3 Å². The van der Waals surface area contributed by atoms with Crippen molar-refractivity contribution in [3.63, 3.8) is 0 Å². The minimum atomic E-state index is 0.292. The molecule has 1 fully saturated rings. The van der Waals surface area contributed by atoms with Crippen LogP contribution >= 0.6 is 15.9 Å². The summed E-state index contributed by atoms with van der Waals surface area (Å²) >= 11 is 3.52. The molecular formula is C15H23BrN2. The van der Waals surface area contributed by atoms with Gasteiger partial charge in [0.2, 0.25) is 0 Å². The van der Waals surface area contributed by atoms with Gasteiger partial charge in [0.1, 0.15) is 0 Å². The van der Waals surface area contributed by atoms with Crippen LogP contribution in [0.2, 0.25) is 0 Å². The SMILES string of the molecule is Cc1cc(Br)ccc1C(NN)C1CCCC(C)C1. The fourth-order valence-electron chi connectivity index (χ4n) is 3.25. The van der Waals surface area contributed by atoms with Crippen LogP contribution in [0.5, 0.6) is 0 Å². The summed E-state index contributed by atoms with van der Waals surface area (Å²) in [7, 11) is 0. The largest absolute Gasteiger partial charge is 0.271 e. The topological polar surface area (TPSA) is 38.0 Å². The summed E-state index contributed by atoms with van der Waals surface area (Å²) in [6, 6.07) is 6.77. The first-order valence-electron chi connectivity index (χ1n) is 6.84. The third kappa shape index (κ3) is 3.14. The molecule has 3 N–H and O–H groups in total. The Balaban J connectivity index is 2.21. The molecule has 0 spiro atoms. The summed E-state index contributed by atoms with van der Waals surface area (Å²) < 4.78 is 1.14. The normalized spacial score (nSPS) is 26.0. The maximum atomic E-state index is 5.83. The number of benzene rings is 1. The summed E-state index contributed by atoms with van der Waals surface area (Å²) in [4.78, 5) is 0. The van der Waals surface area contributed by atoms with E-state index in [1.165, 1.54) is 36.8 Å². The van der Waals surface area contributed by atoms with Gasteiger partial charge in [0, 0.05) is 10.5 Å². The molecule has 3 unspecified atom stereocenters. The first-order valence-corrected chi connectivity index (χ1v) is 7.63. The monoisotopic (exact) mass is 310 g/mol. The van der Waals surface area contributed by atoms with Gasteiger partial charge in [-0.2, -0.15) is 0 Å².